The summed E-state index contributed by atoms with van der Waals surface area (Å²) in [5, 5.41) is 0. The monoisotopic (exact) mass is 349 g/mol. The van der Waals surface area contributed by atoms with Crippen LogP contribution in [0.15, 0.2) is 24.5 Å². The normalized spacial score (nSPS) is 35.4. The van der Waals surface area contributed by atoms with E-state index in [9.17, 15) is 4.79 Å². The van der Waals surface area contributed by atoms with Gasteiger partial charge in [-0.05, 0) is 62.0 Å². The molecule has 2 aliphatic carbocycles. The van der Waals surface area contributed by atoms with Gasteiger partial charge in [0.15, 0.2) is 0 Å². The second kappa shape index (κ2) is 7.40. The molecule has 24 heavy (non-hydrogen) atoms. The molecule has 2 heterocycles. The van der Waals surface area contributed by atoms with Crippen LogP contribution in [-0.2, 0) is 4.79 Å². The molecule has 1 saturated heterocycles. The number of nitrogens with zero attached hydrogens (tertiary/aromatic N) is 2. The summed E-state index contributed by atoms with van der Waals surface area (Å²) in [5.74, 6) is 1.70. The molecule has 1 aromatic heterocycles. The molecule has 2 bridgehead atoms. The molecule has 1 aromatic rings. The lowest BCUT2D eigenvalue weighted by molar-refractivity contribution is -0.139. The van der Waals surface area contributed by atoms with Crippen LogP contribution in [0.3, 0.4) is 0 Å². The van der Waals surface area contributed by atoms with E-state index in [1.807, 2.05) is 12.3 Å². The second-order valence-electron chi connectivity index (χ2n) is 7.67. The zero-order valence-electron chi connectivity index (χ0n) is 14.1. The number of halogens is 1. The molecule has 1 amide bonds. The van der Waals surface area contributed by atoms with E-state index in [2.05, 4.69) is 16.0 Å². The van der Waals surface area contributed by atoms with Gasteiger partial charge < -0.3 is 10.6 Å². The molecule has 0 aromatic carbocycles. The van der Waals surface area contributed by atoms with Crippen molar-refractivity contribution >= 4 is 18.3 Å². The second-order valence-corrected chi connectivity index (χ2v) is 7.67. The van der Waals surface area contributed by atoms with Gasteiger partial charge in [0.05, 0.1) is 6.04 Å². The van der Waals surface area contributed by atoms with Gasteiger partial charge in [-0.25, -0.2) is 0 Å². The quantitative estimate of drug-likeness (QED) is 0.891. The largest absolute Gasteiger partial charge is 0.335 e. The molecule has 4 nitrogen and oxygen atoms in total. The van der Waals surface area contributed by atoms with Gasteiger partial charge in [-0.2, -0.15) is 0 Å². The summed E-state index contributed by atoms with van der Waals surface area (Å²) in [6, 6.07) is 4.64. The Morgan fingerprint density at radius 3 is 2.58 bits per heavy atom. The number of amides is 1. The number of nitrogens with two attached hydrogens (primary N) is 1. The maximum absolute atomic E-state index is 13.2. The van der Waals surface area contributed by atoms with Crippen LogP contribution in [0.1, 0.15) is 56.6 Å². The molecule has 1 aliphatic heterocycles. The Labute approximate surface area is 150 Å². The van der Waals surface area contributed by atoms with Crippen molar-refractivity contribution in [3.63, 3.8) is 0 Å². The summed E-state index contributed by atoms with van der Waals surface area (Å²) in [7, 11) is 0. The van der Waals surface area contributed by atoms with Crippen LogP contribution in [0, 0.1) is 17.8 Å². The molecule has 0 spiro atoms. The summed E-state index contributed by atoms with van der Waals surface area (Å²) in [5.41, 5.74) is 7.57. The molecule has 3 unspecified atom stereocenters. The van der Waals surface area contributed by atoms with E-state index >= 15 is 0 Å². The molecular formula is C19H28ClN3O. The SMILES string of the molecule is Cl.NC1C2CCCC1CC(C(=O)N1CCCC1c1cccnc1)C2. The lowest BCUT2D eigenvalue weighted by Gasteiger charge is -2.44. The minimum Gasteiger partial charge on any atom is -0.335 e. The number of rotatable bonds is 2. The van der Waals surface area contributed by atoms with Crippen molar-refractivity contribution in [3.8, 4) is 0 Å². The maximum atomic E-state index is 13.2. The molecule has 4 rings (SSSR count). The third-order valence-corrected chi connectivity index (χ3v) is 6.37. The first-order valence-electron chi connectivity index (χ1n) is 9.20. The topological polar surface area (TPSA) is 59.2 Å². The van der Waals surface area contributed by atoms with E-state index in [-0.39, 0.29) is 24.4 Å². The van der Waals surface area contributed by atoms with Crippen molar-refractivity contribution in [3.05, 3.63) is 30.1 Å². The lowest BCUT2D eigenvalue weighted by Crippen LogP contribution is -2.49. The van der Waals surface area contributed by atoms with Crippen molar-refractivity contribution in [1.82, 2.24) is 9.88 Å². The fourth-order valence-electron chi connectivity index (χ4n) is 5.18. The van der Waals surface area contributed by atoms with Gasteiger partial charge >= 0.3 is 0 Å². The maximum Gasteiger partial charge on any atom is 0.226 e. The summed E-state index contributed by atoms with van der Waals surface area (Å²) in [4.78, 5) is 19.6. The highest BCUT2D eigenvalue weighted by Crippen LogP contribution is 2.44. The van der Waals surface area contributed by atoms with Crippen LogP contribution in [-0.4, -0.2) is 28.4 Å². The van der Waals surface area contributed by atoms with Gasteiger partial charge in [-0.3, -0.25) is 9.78 Å². The predicted octanol–water partition coefficient (Wildman–Crippen LogP) is 3.32. The van der Waals surface area contributed by atoms with E-state index in [4.69, 9.17) is 5.73 Å². The van der Waals surface area contributed by atoms with E-state index in [1.54, 1.807) is 6.20 Å². The first kappa shape index (κ1) is 17.7. The van der Waals surface area contributed by atoms with Crippen molar-refractivity contribution < 1.29 is 4.79 Å². The van der Waals surface area contributed by atoms with Crippen LogP contribution in [0.5, 0.6) is 0 Å². The fourth-order valence-corrected chi connectivity index (χ4v) is 5.18. The van der Waals surface area contributed by atoms with E-state index in [1.165, 1.54) is 24.8 Å². The number of pyridine rings is 1. The zero-order valence-corrected chi connectivity index (χ0v) is 15.0. The third kappa shape index (κ3) is 3.18. The van der Waals surface area contributed by atoms with Crippen LogP contribution in [0.25, 0.3) is 0 Å². The van der Waals surface area contributed by atoms with Crippen molar-refractivity contribution in [1.29, 1.82) is 0 Å². The Balaban J connectivity index is 0.00000169. The third-order valence-electron chi connectivity index (χ3n) is 6.37. The molecule has 0 radical (unpaired) electrons. The van der Waals surface area contributed by atoms with Gasteiger partial charge in [-0.15, -0.1) is 12.4 Å². The van der Waals surface area contributed by atoms with Crippen molar-refractivity contribution in [2.75, 3.05) is 6.54 Å². The minimum atomic E-state index is 0. The number of fused-ring (bicyclic) bond motifs is 2. The molecule has 5 heteroatoms. The van der Waals surface area contributed by atoms with Crippen molar-refractivity contribution in [2.45, 2.75) is 57.0 Å². The fraction of sp³-hybridized carbons (Fsp3) is 0.684. The zero-order chi connectivity index (χ0) is 15.8. The molecule has 2 saturated carbocycles. The van der Waals surface area contributed by atoms with Crippen LogP contribution < -0.4 is 5.73 Å². The van der Waals surface area contributed by atoms with Gasteiger partial charge in [0.25, 0.3) is 0 Å². The number of carbonyl (C=O) groups is 1. The first-order valence-corrected chi connectivity index (χ1v) is 9.20. The van der Waals surface area contributed by atoms with E-state index in [0.29, 0.717) is 23.8 Å². The summed E-state index contributed by atoms with van der Waals surface area (Å²) < 4.78 is 0. The average Bonchev–Trinajstić information content (AvgIpc) is 3.04. The molecule has 3 fully saturated rings. The molecule has 2 N–H and O–H groups in total. The Morgan fingerprint density at radius 1 is 1.17 bits per heavy atom. The van der Waals surface area contributed by atoms with Gasteiger partial charge in [0.2, 0.25) is 5.91 Å². The average molecular weight is 350 g/mol. The summed E-state index contributed by atoms with van der Waals surface area (Å²) in [6.07, 6.45) is 11.6. The van der Waals surface area contributed by atoms with E-state index < -0.39 is 0 Å². The molecule has 3 aliphatic rings. The minimum absolute atomic E-state index is 0. The lowest BCUT2D eigenvalue weighted by atomic mass is 9.65. The summed E-state index contributed by atoms with van der Waals surface area (Å²) >= 11 is 0. The molecular weight excluding hydrogens is 322 g/mol. The summed E-state index contributed by atoms with van der Waals surface area (Å²) in [6.45, 7) is 0.899. The predicted molar refractivity (Wildman–Crippen MR) is 96.7 cm³/mol. The standard InChI is InChI=1S/C19H27N3O.ClH/c20-18-13-4-1-5-14(18)11-16(10-13)19(23)22-9-3-7-17(22)15-6-2-8-21-12-15;/h2,6,8,12-14,16-18H,1,3-5,7,9-11,20H2;1H. The van der Waals surface area contributed by atoms with Crippen LogP contribution in [0.2, 0.25) is 0 Å². The number of hydrogen-bond donors (Lipinski definition) is 1. The van der Waals surface area contributed by atoms with Crippen molar-refractivity contribution in [2.24, 2.45) is 23.5 Å². The number of hydrogen-bond acceptors (Lipinski definition) is 3. The highest BCUT2D eigenvalue weighted by atomic mass is 35.5. The highest BCUT2D eigenvalue weighted by Gasteiger charge is 2.43. The van der Waals surface area contributed by atoms with Crippen LogP contribution >= 0.6 is 12.4 Å². The Hall–Kier alpha value is -1.13. The molecule has 132 valence electrons. The van der Waals surface area contributed by atoms with Gasteiger partial charge in [0.1, 0.15) is 0 Å². The number of aromatic nitrogens is 1. The van der Waals surface area contributed by atoms with E-state index in [0.717, 1.165) is 32.2 Å². The van der Waals surface area contributed by atoms with Gasteiger partial charge in [0, 0.05) is 30.9 Å². The van der Waals surface area contributed by atoms with Crippen LogP contribution in [0.4, 0.5) is 0 Å². The number of carbonyl (C=O) groups excluding carboxylic acids is 1. The Bertz CT molecular complexity index is 553. The Morgan fingerprint density at radius 2 is 1.92 bits per heavy atom. The highest BCUT2D eigenvalue weighted by molar-refractivity contribution is 5.85. The smallest absolute Gasteiger partial charge is 0.226 e. The number of likely N-dealkylation sites (tertiary alicyclic amines) is 1. The Kier molecular flexibility index (Phi) is 5.46. The first-order chi connectivity index (χ1) is 11.2. The molecule has 3 atom stereocenters. The van der Waals surface area contributed by atoms with Gasteiger partial charge in [-0.1, -0.05) is 12.5 Å².